The van der Waals surface area contributed by atoms with Crippen LogP contribution < -0.4 is 4.74 Å². The highest BCUT2D eigenvalue weighted by atomic mass is 35.5. The number of hydrogen-bond acceptors (Lipinski definition) is 4. The number of halogens is 2. The average Bonchev–Trinajstić information content (AvgIpc) is 3.35. The molecule has 180 valence electrons. The van der Waals surface area contributed by atoms with E-state index in [1.165, 1.54) is 38.3 Å². The van der Waals surface area contributed by atoms with E-state index in [-0.39, 0.29) is 11.4 Å². The first-order valence-electron chi connectivity index (χ1n) is 12.1. The van der Waals surface area contributed by atoms with Crippen molar-refractivity contribution in [2.75, 3.05) is 26.7 Å². The number of alkyl halides is 1. The first-order chi connectivity index (χ1) is 15.9. The van der Waals surface area contributed by atoms with Crippen LogP contribution in [0.2, 0.25) is 5.02 Å². The monoisotopic (exact) mass is 476 g/mol. The van der Waals surface area contributed by atoms with Gasteiger partial charge in [-0.3, -0.25) is 9.78 Å². The Morgan fingerprint density at radius 1 is 1.33 bits per heavy atom. The van der Waals surface area contributed by atoms with Crippen LogP contribution in [0, 0.1) is 11.3 Å². The summed E-state index contributed by atoms with van der Waals surface area (Å²) in [5, 5.41) is 10.9. The number of rotatable bonds is 9. The van der Waals surface area contributed by atoms with Crippen LogP contribution in [-0.2, 0) is 4.79 Å². The van der Waals surface area contributed by atoms with Crippen molar-refractivity contribution in [2.45, 2.75) is 64.0 Å². The Kier molecular flexibility index (Phi) is 7.75. The summed E-state index contributed by atoms with van der Waals surface area (Å²) in [6.07, 6.45) is 8.22. The summed E-state index contributed by atoms with van der Waals surface area (Å²) in [6.45, 7) is 2.59. The first-order valence-corrected chi connectivity index (χ1v) is 12.5. The lowest BCUT2D eigenvalue weighted by Crippen LogP contribution is -2.45. The molecule has 33 heavy (non-hydrogen) atoms. The van der Waals surface area contributed by atoms with E-state index >= 15 is 4.39 Å². The molecular weight excluding hydrogens is 443 g/mol. The molecule has 1 aromatic carbocycles. The summed E-state index contributed by atoms with van der Waals surface area (Å²) < 4.78 is 20.8. The number of benzene rings is 1. The lowest BCUT2D eigenvalue weighted by molar-refractivity contribution is -0.153. The van der Waals surface area contributed by atoms with Crippen LogP contribution in [0.3, 0.4) is 0 Å². The zero-order chi connectivity index (χ0) is 23.4. The molecule has 0 unspecified atom stereocenters. The lowest BCUT2D eigenvalue weighted by Gasteiger charge is -2.39. The van der Waals surface area contributed by atoms with Gasteiger partial charge in [-0.15, -0.1) is 0 Å². The van der Waals surface area contributed by atoms with E-state index < -0.39 is 17.6 Å². The van der Waals surface area contributed by atoms with Gasteiger partial charge in [0.25, 0.3) is 0 Å². The van der Waals surface area contributed by atoms with Gasteiger partial charge in [0.2, 0.25) is 0 Å². The molecule has 1 atom stereocenters. The summed E-state index contributed by atoms with van der Waals surface area (Å²) >= 11 is 6.35. The quantitative estimate of drug-likeness (QED) is 0.451. The fourth-order valence-electron chi connectivity index (χ4n) is 5.60. The summed E-state index contributed by atoms with van der Waals surface area (Å²) in [6, 6.07) is 5.30. The number of nitrogens with zero attached hydrogens (tertiary/aromatic N) is 2. The van der Waals surface area contributed by atoms with Crippen molar-refractivity contribution in [3.05, 3.63) is 35.0 Å². The molecule has 1 saturated carbocycles. The number of methoxy groups -OCH3 is 1. The molecule has 1 aliphatic heterocycles. The smallest absolute Gasteiger partial charge is 0.309 e. The SMILES string of the molecule is COc1ccc2ncc(Cl)c([C@H](F)CCC3(C(=O)O)CCN(CCC4CCCC4)CC3)c2c1. The Balaban J connectivity index is 1.41. The second kappa shape index (κ2) is 10.6. The molecule has 2 aliphatic rings. The number of carboxylic acids is 1. The Labute approximate surface area is 200 Å². The van der Waals surface area contributed by atoms with Gasteiger partial charge in [-0.25, -0.2) is 4.39 Å². The zero-order valence-electron chi connectivity index (χ0n) is 19.4. The number of likely N-dealkylation sites (tertiary alicyclic amines) is 1. The van der Waals surface area contributed by atoms with E-state index in [0.717, 1.165) is 25.6 Å². The lowest BCUT2D eigenvalue weighted by atomic mass is 9.74. The van der Waals surface area contributed by atoms with E-state index in [0.29, 0.717) is 41.5 Å². The predicted octanol–water partition coefficient (Wildman–Crippen LogP) is 6.43. The standard InChI is InChI=1S/C26H34ClFN2O3/c1-33-19-6-7-23-20(16-19)24(21(27)17-29-23)22(28)8-10-26(25(31)32)11-14-30(15-12-26)13-9-18-4-2-3-5-18/h6-7,16-18,22H,2-5,8-15H2,1H3,(H,31,32)/t22-/m1/s1. The van der Waals surface area contributed by atoms with Crippen LogP contribution in [0.1, 0.15) is 69.5 Å². The van der Waals surface area contributed by atoms with Gasteiger partial charge >= 0.3 is 5.97 Å². The second-order valence-corrected chi connectivity index (χ2v) is 10.2. The molecule has 0 spiro atoms. The van der Waals surface area contributed by atoms with Gasteiger partial charge in [-0.05, 0) is 75.9 Å². The number of fused-ring (bicyclic) bond motifs is 1. The highest BCUT2D eigenvalue weighted by molar-refractivity contribution is 6.32. The van der Waals surface area contributed by atoms with Crippen molar-refractivity contribution in [3.8, 4) is 5.75 Å². The maximum Gasteiger partial charge on any atom is 0.309 e. The molecule has 0 radical (unpaired) electrons. The topological polar surface area (TPSA) is 62.7 Å². The van der Waals surface area contributed by atoms with E-state index in [9.17, 15) is 9.90 Å². The number of pyridine rings is 1. The number of carbonyl (C=O) groups is 1. The Morgan fingerprint density at radius 3 is 2.73 bits per heavy atom. The van der Waals surface area contributed by atoms with E-state index in [2.05, 4.69) is 9.88 Å². The number of ether oxygens (including phenoxy) is 1. The molecule has 1 N–H and O–H groups in total. The summed E-state index contributed by atoms with van der Waals surface area (Å²) in [7, 11) is 1.56. The maximum absolute atomic E-state index is 15.6. The number of hydrogen-bond donors (Lipinski definition) is 1. The van der Waals surface area contributed by atoms with Crippen molar-refractivity contribution in [2.24, 2.45) is 11.3 Å². The van der Waals surface area contributed by atoms with Gasteiger partial charge in [0.1, 0.15) is 11.9 Å². The van der Waals surface area contributed by atoms with Crippen LogP contribution in [0.5, 0.6) is 5.75 Å². The molecule has 0 amide bonds. The van der Waals surface area contributed by atoms with Crippen LogP contribution in [0.4, 0.5) is 4.39 Å². The zero-order valence-corrected chi connectivity index (χ0v) is 20.1. The molecule has 1 aliphatic carbocycles. The summed E-state index contributed by atoms with van der Waals surface area (Å²) in [5.41, 5.74) is 0.137. The Morgan fingerprint density at radius 2 is 2.06 bits per heavy atom. The third-order valence-electron chi connectivity index (χ3n) is 7.85. The van der Waals surface area contributed by atoms with Crippen molar-refractivity contribution < 1.29 is 19.0 Å². The summed E-state index contributed by atoms with van der Waals surface area (Å²) in [5.74, 6) is 0.631. The minimum absolute atomic E-state index is 0.115. The number of aliphatic carboxylic acids is 1. The van der Waals surface area contributed by atoms with Crippen LogP contribution in [-0.4, -0.2) is 47.7 Å². The van der Waals surface area contributed by atoms with Crippen molar-refractivity contribution in [1.29, 1.82) is 0 Å². The van der Waals surface area contributed by atoms with Crippen LogP contribution >= 0.6 is 11.6 Å². The molecule has 0 bridgehead atoms. The molecule has 1 aromatic heterocycles. The van der Waals surface area contributed by atoms with Crippen LogP contribution in [0.25, 0.3) is 10.9 Å². The van der Waals surface area contributed by atoms with Gasteiger partial charge in [-0.2, -0.15) is 0 Å². The van der Waals surface area contributed by atoms with E-state index in [1.54, 1.807) is 25.3 Å². The van der Waals surface area contributed by atoms with Crippen molar-refractivity contribution in [1.82, 2.24) is 9.88 Å². The van der Waals surface area contributed by atoms with Gasteiger partial charge < -0.3 is 14.7 Å². The number of piperidine rings is 1. The van der Waals surface area contributed by atoms with Crippen molar-refractivity contribution in [3.63, 3.8) is 0 Å². The maximum atomic E-state index is 15.6. The Hall–Kier alpha value is -1.92. The fraction of sp³-hybridized carbons (Fsp3) is 0.615. The molecule has 5 nitrogen and oxygen atoms in total. The van der Waals surface area contributed by atoms with E-state index in [1.807, 2.05) is 0 Å². The third-order valence-corrected chi connectivity index (χ3v) is 8.15. The molecule has 1 saturated heterocycles. The minimum atomic E-state index is -1.37. The molecule has 2 aromatic rings. The predicted molar refractivity (Wildman–Crippen MR) is 129 cm³/mol. The van der Waals surface area contributed by atoms with Gasteiger partial charge in [0.05, 0.1) is 23.1 Å². The normalized spacial score (nSPS) is 20.2. The van der Waals surface area contributed by atoms with Gasteiger partial charge in [0, 0.05) is 17.1 Å². The minimum Gasteiger partial charge on any atom is -0.497 e. The molecule has 7 heteroatoms. The Bertz CT molecular complexity index is 971. The first kappa shape index (κ1) is 24.2. The molecule has 2 fully saturated rings. The van der Waals surface area contributed by atoms with Crippen molar-refractivity contribution >= 4 is 28.5 Å². The van der Waals surface area contributed by atoms with Gasteiger partial charge in [0.15, 0.2) is 0 Å². The average molecular weight is 477 g/mol. The molecule has 4 rings (SSSR count). The fourth-order valence-corrected chi connectivity index (χ4v) is 5.87. The van der Waals surface area contributed by atoms with Gasteiger partial charge in [-0.1, -0.05) is 37.3 Å². The van der Waals surface area contributed by atoms with E-state index in [4.69, 9.17) is 16.3 Å². The third kappa shape index (κ3) is 5.43. The number of carboxylic acid groups (broad SMARTS) is 1. The molecular formula is C26H34ClFN2O3. The largest absolute Gasteiger partial charge is 0.497 e. The highest BCUT2D eigenvalue weighted by Gasteiger charge is 2.42. The van der Waals surface area contributed by atoms with Crippen LogP contribution in [0.15, 0.2) is 24.4 Å². The second-order valence-electron chi connectivity index (χ2n) is 9.78. The number of aromatic nitrogens is 1. The highest BCUT2D eigenvalue weighted by Crippen LogP contribution is 2.42. The summed E-state index contributed by atoms with van der Waals surface area (Å²) in [4.78, 5) is 19.0. The molecule has 2 heterocycles.